The number of fused-ring (bicyclic) bond motifs is 1. The van der Waals surface area contributed by atoms with E-state index in [1.54, 1.807) is 49.4 Å². The number of ether oxygens (including phenoxy) is 2. The fourth-order valence-electron chi connectivity index (χ4n) is 3.15. The van der Waals surface area contributed by atoms with Gasteiger partial charge in [0.05, 0.1) is 0 Å². The molecule has 0 atom stereocenters. The van der Waals surface area contributed by atoms with Crippen molar-refractivity contribution in [3.05, 3.63) is 84.9 Å². The Balaban J connectivity index is 1.75. The van der Waals surface area contributed by atoms with Crippen LogP contribution in [0, 0.1) is 0 Å². The Bertz CT molecular complexity index is 1160. The van der Waals surface area contributed by atoms with Gasteiger partial charge in [0, 0.05) is 17.4 Å². The molecule has 4 rings (SSSR count). The zero-order valence-corrected chi connectivity index (χ0v) is 16.0. The number of hydrogen-bond acceptors (Lipinski definition) is 4. The van der Waals surface area contributed by atoms with Crippen LogP contribution in [-0.2, 0) is 4.79 Å². The number of carbonyl (C=O) groups excluding carboxylic acids is 1. The number of esters is 1. The molecular formula is C25H20O4. The van der Waals surface area contributed by atoms with Crippen LogP contribution in [0.3, 0.4) is 0 Å². The van der Waals surface area contributed by atoms with Crippen molar-refractivity contribution >= 4 is 16.7 Å². The first kappa shape index (κ1) is 18.6. The van der Waals surface area contributed by atoms with Gasteiger partial charge in [0.15, 0.2) is 0 Å². The van der Waals surface area contributed by atoms with Gasteiger partial charge in [-0.3, -0.25) is 4.79 Å². The second-order valence-corrected chi connectivity index (χ2v) is 6.61. The number of carbonyl (C=O) groups is 1. The summed E-state index contributed by atoms with van der Waals surface area (Å²) in [6.45, 7) is 1.75. The van der Waals surface area contributed by atoms with Crippen LogP contribution in [0.4, 0.5) is 0 Å². The zero-order chi connectivity index (χ0) is 20.2. The fourth-order valence-corrected chi connectivity index (χ4v) is 3.15. The molecule has 1 N–H and O–H groups in total. The third-order valence-electron chi connectivity index (χ3n) is 4.60. The molecule has 0 aliphatic carbocycles. The van der Waals surface area contributed by atoms with E-state index in [2.05, 4.69) is 0 Å². The lowest BCUT2D eigenvalue weighted by Crippen LogP contribution is -2.05. The molecule has 4 aromatic carbocycles. The third kappa shape index (κ3) is 4.06. The van der Waals surface area contributed by atoms with Crippen LogP contribution >= 0.6 is 0 Å². The van der Waals surface area contributed by atoms with Crippen LogP contribution in [-0.4, -0.2) is 11.1 Å². The molecule has 0 heterocycles. The van der Waals surface area contributed by atoms with Gasteiger partial charge >= 0.3 is 5.97 Å². The molecule has 0 saturated heterocycles. The van der Waals surface area contributed by atoms with Crippen LogP contribution in [0.15, 0.2) is 84.9 Å². The minimum absolute atomic E-state index is 0.198. The second kappa shape index (κ2) is 8.07. The molecule has 0 bridgehead atoms. The molecule has 4 nitrogen and oxygen atoms in total. The van der Waals surface area contributed by atoms with Crippen molar-refractivity contribution in [2.75, 3.05) is 0 Å². The monoisotopic (exact) mass is 384 g/mol. The average Bonchev–Trinajstić information content (AvgIpc) is 2.75. The van der Waals surface area contributed by atoms with E-state index in [4.69, 9.17) is 9.47 Å². The molecule has 0 aromatic heterocycles. The van der Waals surface area contributed by atoms with Gasteiger partial charge in [0.1, 0.15) is 23.0 Å². The molecule has 0 unspecified atom stereocenters. The molecule has 0 aliphatic rings. The van der Waals surface area contributed by atoms with Crippen molar-refractivity contribution < 1.29 is 19.4 Å². The van der Waals surface area contributed by atoms with E-state index < -0.39 is 0 Å². The van der Waals surface area contributed by atoms with Gasteiger partial charge in [-0.2, -0.15) is 0 Å². The molecule has 4 aromatic rings. The summed E-state index contributed by atoms with van der Waals surface area (Å²) in [5.74, 6) is 1.73. The van der Waals surface area contributed by atoms with Gasteiger partial charge in [-0.15, -0.1) is 0 Å². The minimum Gasteiger partial charge on any atom is -0.508 e. The molecule has 144 valence electrons. The Kier molecular flexibility index (Phi) is 5.16. The third-order valence-corrected chi connectivity index (χ3v) is 4.60. The van der Waals surface area contributed by atoms with Crippen molar-refractivity contribution in [2.45, 2.75) is 13.3 Å². The summed E-state index contributed by atoms with van der Waals surface area (Å²) < 4.78 is 11.5. The Hall–Kier alpha value is -3.79. The largest absolute Gasteiger partial charge is 0.508 e. The lowest BCUT2D eigenvalue weighted by atomic mass is 9.99. The summed E-state index contributed by atoms with van der Waals surface area (Å²) in [5.41, 5.74) is 1.74. The van der Waals surface area contributed by atoms with E-state index in [1.807, 2.05) is 42.5 Å². The highest BCUT2D eigenvalue weighted by molar-refractivity contribution is 5.95. The number of hydrogen-bond donors (Lipinski definition) is 1. The van der Waals surface area contributed by atoms with E-state index in [-0.39, 0.29) is 11.7 Å². The Morgan fingerprint density at radius 1 is 0.862 bits per heavy atom. The highest BCUT2D eigenvalue weighted by Gasteiger charge is 2.13. The van der Waals surface area contributed by atoms with Gasteiger partial charge < -0.3 is 14.6 Å². The molecule has 29 heavy (non-hydrogen) atoms. The first-order valence-electron chi connectivity index (χ1n) is 9.44. The van der Waals surface area contributed by atoms with E-state index in [9.17, 15) is 9.90 Å². The van der Waals surface area contributed by atoms with E-state index >= 15 is 0 Å². The van der Waals surface area contributed by atoms with Gasteiger partial charge in [0.2, 0.25) is 0 Å². The highest BCUT2D eigenvalue weighted by atomic mass is 16.5. The molecule has 0 aliphatic heterocycles. The first-order chi connectivity index (χ1) is 14.1. The maximum Gasteiger partial charge on any atom is 0.310 e. The van der Waals surface area contributed by atoms with Crippen LogP contribution in [0.25, 0.3) is 21.9 Å². The van der Waals surface area contributed by atoms with Gasteiger partial charge in [-0.05, 0) is 53.4 Å². The summed E-state index contributed by atoms with van der Waals surface area (Å²) in [6, 6.07) is 26.1. The standard InChI is InChI=1S/C25H20O4/c1-2-24(27)28-20-11-13-21(14-12-20)29-25-22-9-4-3-6-17(22)10-15-23(25)18-7-5-8-19(26)16-18/h3-16,26H,2H2,1H3. The van der Waals surface area contributed by atoms with Crippen molar-refractivity contribution in [1.29, 1.82) is 0 Å². The fraction of sp³-hybridized carbons (Fsp3) is 0.0800. The topological polar surface area (TPSA) is 55.8 Å². The van der Waals surface area contributed by atoms with Crippen molar-refractivity contribution in [3.63, 3.8) is 0 Å². The summed E-state index contributed by atoms with van der Waals surface area (Å²) in [4.78, 5) is 11.5. The molecule has 0 saturated carbocycles. The molecule has 0 spiro atoms. The molecule has 0 radical (unpaired) electrons. The lowest BCUT2D eigenvalue weighted by Gasteiger charge is -2.15. The Labute approximate surface area is 169 Å². The summed E-state index contributed by atoms with van der Waals surface area (Å²) in [7, 11) is 0. The van der Waals surface area contributed by atoms with E-state index in [1.165, 1.54) is 0 Å². The van der Waals surface area contributed by atoms with Crippen LogP contribution in [0.1, 0.15) is 13.3 Å². The highest BCUT2D eigenvalue weighted by Crippen LogP contribution is 2.40. The smallest absolute Gasteiger partial charge is 0.310 e. The van der Waals surface area contributed by atoms with E-state index in [0.717, 1.165) is 21.9 Å². The van der Waals surface area contributed by atoms with Crippen molar-refractivity contribution in [2.24, 2.45) is 0 Å². The quantitative estimate of drug-likeness (QED) is 0.323. The van der Waals surface area contributed by atoms with Gasteiger partial charge in [-0.25, -0.2) is 0 Å². The van der Waals surface area contributed by atoms with Crippen molar-refractivity contribution in [3.8, 4) is 34.1 Å². The number of phenolic OH excluding ortho intramolecular Hbond substituents is 1. The average molecular weight is 384 g/mol. The van der Waals surface area contributed by atoms with E-state index in [0.29, 0.717) is 23.7 Å². The van der Waals surface area contributed by atoms with Gasteiger partial charge in [-0.1, -0.05) is 49.4 Å². The Morgan fingerprint density at radius 3 is 2.38 bits per heavy atom. The summed E-state index contributed by atoms with van der Waals surface area (Å²) in [5, 5.41) is 11.9. The van der Waals surface area contributed by atoms with Gasteiger partial charge in [0.25, 0.3) is 0 Å². The minimum atomic E-state index is -0.279. The predicted molar refractivity (Wildman–Crippen MR) is 113 cm³/mol. The number of phenols is 1. The maximum atomic E-state index is 11.5. The Morgan fingerprint density at radius 2 is 1.62 bits per heavy atom. The van der Waals surface area contributed by atoms with Crippen LogP contribution < -0.4 is 9.47 Å². The normalized spacial score (nSPS) is 10.7. The number of aromatic hydroxyl groups is 1. The van der Waals surface area contributed by atoms with Crippen LogP contribution in [0.2, 0.25) is 0 Å². The lowest BCUT2D eigenvalue weighted by molar-refractivity contribution is -0.134. The summed E-state index contributed by atoms with van der Waals surface area (Å²) in [6.07, 6.45) is 0.321. The zero-order valence-electron chi connectivity index (χ0n) is 16.0. The number of rotatable bonds is 5. The SMILES string of the molecule is CCC(=O)Oc1ccc(Oc2c(-c3cccc(O)c3)ccc3ccccc23)cc1. The number of benzene rings is 4. The molecule has 4 heteroatoms. The predicted octanol–water partition coefficient (Wildman–Crippen LogP) is 6.32. The first-order valence-corrected chi connectivity index (χ1v) is 9.44. The maximum absolute atomic E-state index is 11.5. The molecular weight excluding hydrogens is 364 g/mol. The molecule has 0 fully saturated rings. The second-order valence-electron chi connectivity index (χ2n) is 6.61. The van der Waals surface area contributed by atoms with Crippen LogP contribution in [0.5, 0.6) is 23.0 Å². The summed E-state index contributed by atoms with van der Waals surface area (Å²) >= 11 is 0. The van der Waals surface area contributed by atoms with Crippen molar-refractivity contribution in [1.82, 2.24) is 0 Å². The molecule has 0 amide bonds.